The fourth-order valence-electron chi connectivity index (χ4n) is 11.8. The zero-order chi connectivity index (χ0) is 47.1. The number of esters is 1. The number of hydrogen-bond acceptors (Lipinski definition) is 11. The summed E-state index contributed by atoms with van der Waals surface area (Å²) in [6.45, 7) is 2.62. The number of benzene rings is 5. The van der Waals surface area contributed by atoms with Crippen molar-refractivity contribution in [1.82, 2.24) is 14.7 Å². The minimum atomic E-state index is -1.69. The van der Waals surface area contributed by atoms with Crippen LogP contribution in [0.5, 0.6) is 17.2 Å². The Balaban J connectivity index is 1.07. The van der Waals surface area contributed by atoms with Gasteiger partial charge in [-0.2, -0.15) is 0 Å². The zero-order valence-corrected chi connectivity index (χ0v) is 38.4. The molecular formula is C56H56N4O9. The molecule has 13 heteroatoms. The van der Waals surface area contributed by atoms with Crippen LogP contribution >= 0.6 is 0 Å². The van der Waals surface area contributed by atoms with E-state index in [-0.39, 0.29) is 25.9 Å². The number of aliphatic hydroxyl groups excluding tert-OH is 1. The second-order valence-electron chi connectivity index (χ2n) is 19.1. The highest BCUT2D eigenvalue weighted by atomic mass is 16.7. The number of piperazine rings is 1. The highest BCUT2D eigenvalue weighted by molar-refractivity contribution is 6.12. The van der Waals surface area contributed by atoms with Crippen LogP contribution in [0.3, 0.4) is 0 Å². The number of cyclic esters (lactones) is 1. The summed E-state index contributed by atoms with van der Waals surface area (Å²) in [5, 5.41) is 24.5. The molecule has 6 atom stereocenters. The van der Waals surface area contributed by atoms with E-state index in [2.05, 4.69) is 27.0 Å². The minimum Gasteiger partial charge on any atom is -0.491 e. The van der Waals surface area contributed by atoms with Crippen molar-refractivity contribution in [2.24, 2.45) is 5.92 Å². The molecule has 1 aliphatic carbocycles. The maximum Gasteiger partial charge on any atom is 0.324 e. The van der Waals surface area contributed by atoms with Gasteiger partial charge in [0, 0.05) is 44.0 Å². The molecule has 0 radical (unpaired) electrons. The molecule has 6 aliphatic rings. The van der Waals surface area contributed by atoms with Crippen molar-refractivity contribution in [3.8, 4) is 29.1 Å². The molecule has 3 N–H and O–H groups in total. The van der Waals surface area contributed by atoms with Gasteiger partial charge in [0.05, 0.1) is 24.6 Å². The molecule has 3 saturated heterocycles. The Bertz CT molecular complexity index is 2780. The van der Waals surface area contributed by atoms with Crippen LogP contribution < -0.4 is 19.5 Å². The molecule has 5 aromatic carbocycles. The molecule has 11 rings (SSSR count). The number of fused-ring (bicyclic) bond motifs is 4. The van der Waals surface area contributed by atoms with Crippen molar-refractivity contribution < 1.29 is 43.5 Å². The van der Waals surface area contributed by atoms with Crippen LogP contribution in [0.1, 0.15) is 90.1 Å². The van der Waals surface area contributed by atoms with Crippen LogP contribution in [0.25, 0.3) is 0 Å². The Kier molecular flexibility index (Phi) is 12.1. The average Bonchev–Trinajstić information content (AvgIpc) is 4.01. The van der Waals surface area contributed by atoms with Gasteiger partial charge in [-0.1, -0.05) is 104 Å². The molecule has 1 saturated carbocycles. The first-order valence-electron chi connectivity index (χ1n) is 24.3. The van der Waals surface area contributed by atoms with Gasteiger partial charge in [-0.3, -0.25) is 24.2 Å². The summed E-state index contributed by atoms with van der Waals surface area (Å²) in [7, 11) is 0. The highest BCUT2D eigenvalue weighted by Gasteiger charge is 2.74. The van der Waals surface area contributed by atoms with Crippen LogP contribution in [0.15, 0.2) is 121 Å². The zero-order valence-electron chi connectivity index (χ0n) is 38.4. The van der Waals surface area contributed by atoms with E-state index in [1.165, 1.54) is 0 Å². The van der Waals surface area contributed by atoms with Crippen molar-refractivity contribution in [2.45, 2.75) is 80.3 Å². The van der Waals surface area contributed by atoms with Gasteiger partial charge in [0.1, 0.15) is 35.5 Å². The third-order valence-corrected chi connectivity index (χ3v) is 15.0. The fraction of sp³-hybridized carbons (Fsp3) is 0.375. The number of nitrogens with one attached hydrogen (secondary N) is 1. The lowest BCUT2D eigenvalue weighted by Crippen LogP contribution is -2.58. The number of aliphatic hydroxyl groups is 2. The van der Waals surface area contributed by atoms with E-state index in [9.17, 15) is 10.2 Å². The Morgan fingerprint density at radius 1 is 0.768 bits per heavy atom. The second kappa shape index (κ2) is 18.7. The first-order valence-corrected chi connectivity index (χ1v) is 24.3. The number of anilines is 1. The number of ether oxygens (including phenoxy) is 4. The molecule has 0 aromatic heterocycles. The van der Waals surface area contributed by atoms with E-state index in [0.29, 0.717) is 79.4 Å². The number of nitrogens with zero attached hydrogens (tertiary/aromatic N) is 3. The minimum absolute atomic E-state index is 0.0941. The highest BCUT2D eigenvalue weighted by Crippen LogP contribution is 2.65. The number of carbonyl (C=O) groups is 3. The maximum atomic E-state index is 16.1. The number of amides is 2. The predicted octanol–water partition coefficient (Wildman–Crippen LogP) is 6.84. The van der Waals surface area contributed by atoms with Gasteiger partial charge in [0.15, 0.2) is 11.5 Å². The van der Waals surface area contributed by atoms with Crippen molar-refractivity contribution in [1.29, 1.82) is 0 Å². The van der Waals surface area contributed by atoms with Crippen LogP contribution in [0.2, 0.25) is 0 Å². The van der Waals surface area contributed by atoms with Gasteiger partial charge in [-0.05, 0) is 96.0 Å². The smallest absolute Gasteiger partial charge is 0.324 e. The quantitative estimate of drug-likeness (QED) is 0.0811. The normalized spacial score (nSPS) is 26.0. The third kappa shape index (κ3) is 8.19. The molecule has 0 unspecified atom stereocenters. The molecule has 0 bridgehead atoms. The van der Waals surface area contributed by atoms with E-state index in [0.717, 1.165) is 48.1 Å². The van der Waals surface area contributed by atoms with Crippen molar-refractivity contribution in [3.63, 3.8) is 0 Å². The van der Waals surface area contributed by atoms with Crippen LogP contribution in [-0.2, 0) is 31.1 Å². The Morgan fingerprint density at radius 2 is 1.48 bits per heavy atom. The van der Waals surface area contributed by atoms with Crippen molar-refractivity contribution in [3.05, 3.63) is 155 Å². The van der Waals surface area contributed by atoms with Crippen LogP contribution in [0.4, 0.5) is 5.69 Å². The fourth-order valence-corrected chi connectivity index (χ4v) is 11.8. The molecule has 5 aliphatic heterocycles. The molecule has 4 fully saturated rings. The van der Waals surface area contributed by atoms with Crippen molar-refractivity contribution in [2.75, 3.05) is 51.5 Å². The first-order chi connectivity index (χ1) is 33.7. The molecule has 5 heterocycles. The summed E-state index contributed by atoms with van der Waals surface area (Å²) in [6, 6.07) is 35.7. The summed E-state index contributed by atoms with van der Waals surface area (Å²) in [5.74, 6) is 5.92. The number of hydrogen-bond donors (Lipinski definition) is 3. The van der Waals surface area contributed by atoms with E-state index in [1.54, 1.807) is 12.1 Å². The van der Waals surface area contributed by atoms with Gasteiger partial charge in [0.25, 0.3) is 0 Å². The van der Waals surface area contributed by atoms with Gasteiger partial charge in [0.2, 0.25) is 18.6 Å². The summed E-state index contributed by atoms with van der Waals surface area (Å²) >= 11 is 0. The largest absolute Gasteiger partial charge is 0.491 e. The molecular weight excluding hydrogens is 873 g/mol. The lowest BCUT2D eigenvalue weighted by Gasteiger charge is -2.46. The van der Waals surface area contributed by atoms with E-state index in [1.807, 2.05) is 114 Å². The molecule has 69 heavy (non-hydrogen) atoms. The van der Waals surface area contributed by atoms with Crippen molar-refractivity contribution >= 4 is 23.5 Å². The topological polar surface area (TPSA) is 150 Å². The van der Waals surface area contributed by atoms with Gasteiger partial charge in [-0.25, -0.2) is 0 Å². The number of morpholine rings is 1. The SMILES string of the molecule is O=C1O[C@H](c2ccccc2)[C@H](c2ccccc2)N2[C@H]1[C@@H](C(=O)N1CCN(Cc3ccc4c(c3)OCO4)CC1)[C@]1(C(=O)Nc3ccc(C#CC4(O)CCCCCC4)cc31)[C@H]2c1ccc(OCCO)cc1. The molecule has 2 amide bonds. The monoisotopic (exact) mass is 928 g/mol. The lowest BCUT2D eigenvalue weighted by molar-refractivity contribution is -0.179. The predicted molar refractivity (Wildman–Crippen MR) is 256 cm³/mol. The summed E-state index contributed by atoms with van der Waals surface area (Å²) in [6.07, 6.45) is 4.23. The Morgan fingerprint density at radius 3 is 2.20 bits per heavy atom. The van der Waals surface area contributed by atoms with E-state index < -0.39 is 53.0 Å². The molecule has 1 spiro atoms. The van der Waals surface area contributed by atoms with Crippen LogP contribution in [0, 0.1) is 17.8 Å². The lowest BCUT2D eigenvalue weighted by atomic mass is 9.65. The summed E-state index contributed by atoms with van der Waals surface area (Å²) < 4.78 is 23.7. The Hall–Kier alpha value is -6.69. The second-order valence-corrected chi connectivity index (χ2v) is 19.1. The van der Waals surface area contributed by atoms with E-state index in [4.69, 9.17) is 18.9 Å². The molecule has 13 nitrogen and oxygen atoms in total. The summed E-state index contributed by atoms with van der Waals surface area (Å²) in [4.78, 5) is 53.5. The summed E-state index contributed by atoms with van der Waals surface area (Å²) in [5.41, 5.74) is 2.23. The van der Waals surface area contributed by atoms with Gasteiger partial charge >= 0.3 is 5.97 Å². The maximum absolute atomic E-state index is 16.1. The third-order valence-electron chi connectivity index (χ3n) is 15.0. The van der Waals surface area contributed by atoms with Crippen LogP contribution in [-0.4, -0.2) is 101 Å². The van der Waals surface area contributed by atoms with E-state index >= 15 is 14.4 Å². The molecule has 5 aromatic rings. The average molecular weight is 929 g/mol. The number of carbonyl (C=O) groups excluding carboxylic acids is 3. The van der Waals surface area contributed by atoms with Gasteiger partial charge in [-0.15, -0.1) is 0 Å². The molecule has 354 valence electrons. The standard InChI is InChI=1S/C56H56N4O9/c61-31-32-66-42-19-17-41(18-20-42)51-56(43-33-37(15-21-44(43)57-54(56)64)23-26-55(65)24-9-1-2-10-25-55)47(52(62)59-29-27-58(28-30-59)35-38-16-22-45-46(34-38)68-36-67-45)49-53(63)69-50(40-13-7-4-8-14-40)48(60(49)51)39-11-5-3-6-12-39/h3-8,11-22,33-34,47-51,61,65H,1-2,9-10,24-25,27-32,35-36H2,(H,57,64)/t47-,48-,49-,50+,51+,56-/m0/s1. The first kappa shape index (κ1) is 44.8. The Labute approximate surface area is 401 Å². The van der Waals surface area contributed by atoms with Gasteiger partial charge < -0.3 is 39.4 Å². The number of rotatable bonds is 9.